The summed E-state index contributed by atoms with van der Waals surface area (Å²) < 4.78 is 21.5. The number of methoxy groups -OCH3 is 1. The molecule has 2 heterocycles. The van der Waals surface area contributed by atoms with Crippen LogP contribution in [0, 0.1) is 5.82 Å². The third-order valence-electron chi connectivity index (χ3n) is 5.27. The fraction of sp³-hybridized carbons (Fsp3) is 0.600. The number of rotatable bonds is 6. The highest BCUT2D eigenvalue weighted by Crippen LogP contribution is 2.28. The van der Waals surface area contributed by atoms with Crippen LogP contribution in [0.4, 0.5) is 4.39 Å². The van der Waals surface area contributed by atoms with Crippen molar-refractivity contribution in [2.75, 3.05) is 26.7 Å². The van der Waals surface area contributed by atoms with Crippen molar-refractivity contribution in [2.45, 2.75) is 52.2 Å². The fourth-order valence-electron chi connectivity index (χ4n) is 3.95. The predicted molar refractivity (Wildman–Crippen MR) is 105 cm³/mol. The molecule has 1 fully saturated rings. The van der Waals surface area contributed by atoms with Crippen LogP contribution in [0.25, 0.3) is 10.9 Å². The van der Waals surface area contributed by atoms with Gasteiger partial charge < -0.3 is 10.1 Å². The maximum absolute atomic E-state index is 14.7. The monoisotopic (exact) mass is 376 g/mol. The first kappa shape index (κ1) is 19.8. The number of halogens is 1. The lowest BCUT2D eigenvalue weighted by Gasteiger charge is -2.38. The summed E-state index contributed by atoms with van der Waals surface area (Å²) in [6.45, 7) is 9.37. The third kappa shape index (κ3) is 3.84. The van der Waals surface area contributed by atoms with E-state index in [9.17, 15) is 9.18 Å². The van der Waals surface area contributed by atoms with Gasteiger partial charge in [-0.15, -0.1) is 0 Å². The Morgan fingerprint density at radius 1 is 1.41 bits per heavy atom. The van der Waals surface area contributed by atoms with Crippen molar-refractivity contribution in [3.63, 3.8) is 0 Å². The molecular weight excluding hydrogens is 347 g/mol. The van der Waals surface area contributed by atoms with Crippen LogP contribution in [0.3, 0.4) is 0 Å². The molecule has 0 saturated carbocycles. The molecule has 1 N–H and O–H groups in total. The van der Waals surface area contributed by atoms with Gasteiger partial charge in [-0.25, -0.2) is 9.37 Å². The van der Waals surface area contributed by atoms with E-state index < -0.39 is 5.82 Å². The van der Waals surface area contributed by atoms with Gasteiger partial charge in [0.05, 0.1) is 18.5 Å². The molecule has 0 unspecified atom stereocenters. The van der Waals surface area contributed by atoms with Gasteiger partial charge >= 0.3 is 0 Å². The van der Waals surface area contributed by atoms with Crippen molar-refractivity contribution in [3.05, 3.63) is 34.1 Å². The van der Waals surface area contributed by atoms with E-state index in [4.69, 9.17) is 4.74 Å². The van der Waals surface area contributed by atoms with E-state index in [-0.39, 0.29) is 22.5 Å². The highest BCUT2D eigenvalue weighted by atomic mass is 19.1. The van der Waals surface area contributed by atoms with E-state index in [0.29, 0.717) is 24.2 Å². The number of nitrogens with one attached hydrogen (secondary N) is 1. The van der Waals surface area contributed by atoms with E-state index in [1.807, 2.05) is 6.92 Å². The fourth-order valence-corrected chi connectivity index (χ4v) is 3.95. The van der Waals surface area contributed by atoms with Gasteiger partial charge in [-0.05, 0) is 26.3 Å². The minimum atomic E-state index is -0.519. The second-order valence-electron chi connectivity index (χ2n) is 7.18. The zero-order valence-electron chi connectivity index (χ0n) is 16.6. The molecule has 0 aliphatic carbocycles. The van der Waals surface area contributed by atoms with Gasteiger partial charge in [-0.3, -0.25) is 14.3 Å². The highest BCUT2D eigenvalue weighted by Gasteiger charge is 2.28. The minimum absolute atomic E-state index is 0.00176. The van der Waals surface area contributed by atoms with Crippen LogP contribution in [0.15, 0.2) is 16.9 Å². The van der Waals surface area contributed by atoms with Crippen molar-refractivity contribution >= 4 is 10.9 Å². The number of nitrogens with zero attached hydrogens (tertiary/aromatic N) is 3. The van der Waals surface area contributed by atoms with Crippen LogP contribution < -0.4 is 15.6 Å². The lowest BCUT2D eigenvalue weighted by atomic mass is 10.1. The Kier molecular flexibility index (Phi) is 6.11. The molecule has 0 spiro atoms. The van der Waals surface area contributed by atoms with E-state index >= 15 is 0 Å². The van der Waals surface area contributed by atoms with Gasteiger partial charge in [0.15, 0.2) is 5.82 Å². The van der Waals surface area contributed by atoms with Crippen LogP contribution in [-0.2, 0) is 6.54 Å². The number of ether oxygens (including phenoxy) is 1. The molecule has 2 atom stereocenters. The molecule has 27 heavy (non-hydrogen) atoms. The van der Waals surface area contributed by atoms with Crippen molar-refractivity contribution in [1.29, 1.82) is 0 Å². The summed E-state index contributed by atoms with van der Waals surface area (Å²) in [5.41, 5.74) is -0.0793. The number of hydrogen-bond donors (Lipinski definition) is 1. The van der Waals surface area contributed by atoms with Gasteiger partial charge in [0.1, 0.15) is 17.1 Å². The van der Waals surface area contributed by atoms with E-state index in [1.165, 1.54) is 13.2 Å². The summed E-state index contributed by atoms with van der Waals surface area (Å²) in [5.74, 6) is 0.472. The second kappa shape index (κ2) is 8.35. The molecule has 2 aromatic rings. The van der Waals surface area contributed by atoms with Crippen molar-refractivity contribution in [3.8, 4) is 5.75 Å². The molecule has 1 saturated heterocycles. The molecular formula is C20H29FN4O2. The molecule has 3 rings (SSSR count). The molecule has 7 heteroatoms. The van der Waals surface area contributed by atoms with E-state index in [1.54, 1.807) is 10.6 Å². The van der Waals surface area contributed by atoms with Gasteiger partial charge in [0.25, 0.3) is 5.56 Å². The molecule has 0 bridgehead atoms. The first-order valence-electron chi connectivity index (χ1n) is 9.75. The van der Waals surface area contributed by atoms with Crippen LogP contribution in [0.1, 0.15) is 45.5 Å². The zero-order valence-corrected chi connectivity index (χ0v) is 16.6. The Morgan fingerprint density at radius 3 is 2.81 bits per heavy atom. The lowest BCUT2D eigenvalue weighted by molar-refractivity contribution is 0.132. The zero-order chi connectivity index (χ0) is 19.6. The molecule has 6 nitrogen and oxygen atoms in total. The minimum Gasteiger partial charge on any atom is -0.497 e. The largest absolute Gasteiger partial charge is 0.497 e. The molecule has 148 valence electrons. The highest BCUT2D eigenvalue weighted by molar-refractivity contribution is 5.80. The molecule has 0 amide bonds. The van der Waals surface area contributed by atoms with Crippen molar-refractivity contribution in [2.24, 2.45) is 0 Å². The van der Waals surface area contributed by atoms with E-state index in [0.717, 1.165) is 32.5 Å². The number of piperazine rings is 1. The first-order valence-corrected chi connectivity index (χ1v) is 9.75. The number of fused-ring (bicyclic) bond motifs is 1. The third-order valence-corrected chi connectivity index (χ3v) is 5.27. The molecule has 1 aromatic heterocycles. The Labute approximate surface area is 159 Å². The quantitative estimate of drug-likeness (QED) is 0.840. The predicted octanol–water partition coefficient (Wildman–Crippen LogP) is 2.70. The summed E-state index contributed by atoms with van der Waals surface area (Å²) >= 11 is 0. The van der Waals surface area contributed by atoms with E-state index in [2.05, 4.69) is 29.0 Å². The molecule has 1 aliphatic heterocycles. The Hall–Kier alpha value is -1.99. The van der Waals surface area contributed by atoms with Crippen LogP contribution in [-0.4, -0.2) is 47.2 Å². The summed E-state index contributed by atoms with van der Waals surface area (Å²) in [6, 6.07) is 3.24. The van der Waals surface area contributed by atoms with Gasteiger partial charge in [0.2, 0.25) is 0 Å². The van der Waals surface area contributed by atoms with Crippen molar-refractivity contribution < 1.29 is 9.13 Å². The van der Waals surface area contributed by atoms with Crippen LogP contribution in [0.5, 0.6) is 5.75 Å². The number of benzene rings is 1. The maximum atomic E-state index is 14.7. The van der Waals surface area contributed by atoms with Gasteiger partial charge in [-0.1, -0.05) is 13.3 Å². The standard InChI is InChI=1S/C20H29FN4O2/c1-5-7-17(24-9-8-22-13(3)12-24)19-23-18-15(20(26)25(19)6-2)10-14(27-4)11-16(18)21/h10-11,13,17,22H,5-9,12H2,1-4H3/t13-,17-/m0/s1. The molecule has 1 aliphatic rings. The number of aromatic nitrogens is 2. The van der Waals surface area contributed by atoms with Crippen LogP contribution in [0.2, 0.25) is 0 Å². The second-order valence-corrected chi connectivity index (χ2v) is 7.18. The van der Waals surface area contributed by atoms with Gasteiger partial charge in [-0.2, -0.15) is 0 Å². The summed E-state index contributed by atoms with van der Waals surface area (Å²) in [4.78, 5) is 20.2. The smallest absolute Gasteiger partial charge is 0.261 e. The topological polar surface area (TPSA) is 59.4 Å². The van der Waals surface area contributed by atoms with Crippen molar-refractivity contribution in [1.82, 2.24) is 19.8 Å². The average molecular weight is 376 g/mol. The Bertz CT molecular complexity index is 867. The normalized spacial score (nSPS) is 19.4. The summed E-state index contributed by atoms with van der Waals surface area (Å²) in [5, 5.41) is 3.71. The Morgan fingerprint density at radius 2 is 2.19 bits per heavy atom. The SMILES string of the molecule is CCC[C@@H](c1nc2c(F)cc(OC)cc2c(=O)n1CC)N1CCN[C@@H](C)C1. The molecule has 1 aromatic carbocycles. The summed E-state index contributed by atoms with van der Waals surface area (Å²) in [7, 11) is 1.46. The lowest BCUT2D eigenvalue weighted by Crippen LogP contribution is -2.51. The maximum Gasteiger partial charge on any atom is 0.261 e. The number of hydrogen-bond acceptors (Lipinski definition) is 5. The van der Waals surface area contributed by atoms with Crippen LogP contribution >= 0.6 is 0 Å². The Balaban J connectivity index is 2.18. The summed E-state index contributed by atoms with van der Waals surface area (Å²) in [6.07, 6.45) is 1.84. The average Bonchev–Trinajstić information content (AvgIpc) is 2.66. The molecule has 0 radical (unpaired) electrons. The van der Waals surface area contributed by atoms with Gasteiger partial charge in [0, 0.05) is 38.3 Å². The first-order chi connectivity index (χ1) is 13.0.